The van der Waals surface area contributed by atoms with Gasteiger partial charge in [0.25, 0.3) is 5.56 Å². The molecular formula is C14H20N4O. The molecule has 0 aliphatic rings. The summed E-state index contributed by atoms with van der Waals surface area (Å²) in [6, 6.07) is 0. The van der Waals surface area contributed by atoms with Crippen LogP contribution in [0.3, 0.4) is 0 Å². The summed E-state index contributed by atoms with van der Waals surface area (Å²) in [6.45, 7) is 3.75. The van der Waals surface area contributed by atoms with E-state index in [9.17, 15) is 4.79 Å². The zero-order valence-electron chi connectivity index (χ0n) is 11.8. The fraction of sp³-hybridized carbons (Fsp3) is 0.286. The Bertz CT molecular complexity index is 580. The molecule has 1 heterocycles. The molecule has 0 aliphatic heterocycles. The summed E-state index contributed by atoms with van der Waals surface area (Å²) in [6.07, 6.45) is 11.0. The molecule has 0 aliphatic carbocycles. The van der Waals surface area contributed by atoms with Crippen molar-refractivity contribution in [2.75, 3.05) is 24.7 Å². The zero-order valence-corrected chi connectivity index (χ0v) is 11.8. The van der Waals surface area contributed by atoms with Gasteiger partial charge in [-0.15, -0.1) is 0 Å². The van der Waals surface area contributed by atoms with Crippen molar-refractivity contribution in [1.29, 1.82) is 0 Å². The lowest BCUT2D eigenvalue weighted by Gasteiger charge is -2.15. The molecule has 0 amide bonds. The molecule has 0 fully saturated rings. The Morgan fingerprint density at radius 1 is 1.37 bits per heavy atom. The predicted octanol–water partition coefficient (Wildman–Crippen LogP) is 1.88. The fourth-order valence-electron chi connectivity index (χ4n) is 1.51. The van der Waals surface area contributed by atoms with E-state index in [-0.39, 0.29) is 11.2 Å². The van der Waals surface area contributed by atoms with Gasteiger partial charge in [0.2, 0.25) is 0 Å². The molecular weight excluding hydrogens is 240 g/mol. The minimum absolute atomic E-state index is 0.199. The SMILES string of the molecule is C\C=C/C=C\C=C(/C)n1ncc(N(C)C)c(N)c1=O. The van der Waals surface area contributed by atoms with Crippen LogP contribution in [0.5, 0.6) is 0 Å². The second kappa shape index (κ2) is 6.58. The smallest absolute Gasteiger partial charge is 0.296 e. The van der Waals surface area contributed by atoms with Crippen molar-refractivity contribution in [3.63, 3.8) is 0 Å². The first-order valence-corrected chi connectivity index (χ1v) is 6.00. The van der Waals surface area contributed by atoms with Gasteiger partial charge in [-0.1, -0.05) is 24.3 Å². The van der Waals surface area contributed by atoms with E-state index in [1.807, 2.05) is 58.3 Å². The van der Waals surface area contributed by atoms with E-state index in [1.54, 1.807) is 11.1 Å². The number of nitrogen functional groups attached to an aromatic ring is 1. The maximum atomic E-state index is 12.1. The van der Waals surface area contributed by atoms with Crippen molar-refractivity contribution < 1.29 is 0 Å². The summed E-state index contributed by atoms with van der Waals surface area (Å²) in [5, 5.41) is 4.12. The number of nitrogens with zero attached hydrogens (tertiary/aromatic N) is 3. The molecule has 0 aromatic carbocycles. The third-order valence-electron chi connectivity index (χ3n) is 2.56. The lowest BCUT2D eigenvalue weighted by atomic mass is 10.3. The number of nitrogens with two attached hydrogens (primary N) is 1. The normalized spacial score (nSPS) is 12.5. The zero-order chi connectivity index (χ0) is 14.4. The Balaban J connectivity index is 3.16. The molecule has 2 N–H and O–H groups in total. The molecule has 0 saturated carbocycles. The molecule has 1 aromatic rings. The summed E-state index contributed by atoms with van der Waals surface area (Å²) in [7, 11) is 3.64. The second-order valence-corrected chi connectivity index (χ2v) is 4.27. The number of aromatic nitrogens is 2. The van der Waals surface area contributed by atoms with Crippen LogP contribution in [0.1, 0.15) is 13.8 Å². The van der Waals surface area contributed by atoms with Crippen LogP contribution in [0, 0.1) is 0 Å². The monoisotopic (exact) mass is 260 g/mol. The summed E-state index contributed by atoms with van der Waals surface area (Å²) in [4.78, 5) is 13.9. The first-order valence-electron chi connectivity index (χ1n) is 6.00. The van der Waals surface area contributed by atoms with Gasteiger partial charge in [0, 0.05) is 19.8 Å². The summed E-state index contributed by atoms with van der Waals surface area (Å²) >= 11 is 0. The van der Waals surface area contributed by atoms with Gasteiger partial charge in [0.15, 0.2) is 0 Å². The average molecular weight is 260 g/mol. The van der Waals surface area contributed by atoms with Crippen molar-refractivity contribution in [2.45, 2.75) is 13.8 Å². The van der Waals surface area contributed by atoms with Crippen LogP contribution >= 0.6 is 0 Å². The summed E-state index contributed by atoms with van der Waals surface area (Å²) < 4.78 is 1.29. The van der Waals surface area contributed by atoms with Crippen molar-refractivity contribution in [3.8, 4) is 0 Å². The molecule has 19 heavy (non-hydrogen) atoms. The second-order valence-electron chi connectivity index (χ2n) is 4.27. The van der Waals surface area contributed by atoms with E-state index < -0.39 is 0 Å². The first kappa shape index (κ1) is 14.8. The van der Waals surface area contributed by atoms with E-state index in [1.165, 1.54) is 4.68 Å². The van der Waals surface area contributed by atoms with Crippen LogP contribution in [-0.2, 0) is 0 Å². The topological polar surface area (TPSA) is 64.2 Å². The Hall–Kier alpha value is -2.30. The molecule has 1 rings (SSSR count). The minimum atomic E-state index is -0.306. The van der Waals surface area contributed by atoms with Gasteiger partial charge < -0.3 is 10.6 Å². The van der Waals surface area contributed by atoms with Crippen molar-refractivity contribution in [2.24, 2.45) is 0 Å². The number of rotatable bonds is 4. The summed E-state index contributed by atoms with van der Waals surface area (Å²) in [5.41, 5.74) is 7.05. The molecule has 0 atom stereocenters. The molecule has 5 heteroatoms. The molecule has 0 radical (unpaired) electrons. The highest BCUT2D eigenvalue weighted by molar-refractivity contribution is 5.65. The molecule has 102 valence electrons. The fourth-order valence-corrected chi connectivity index (χ4v) is 1.51. The lowest BCUT2D eigenvalue weighted by molar-refractivity contribution is 0.820. The third kappa shape index (κ3) is 3.58. The summed E-state index contributed by atoms with van der Waals surface area (Å²) in [5.74, 6) is 0. The van der Waals surface area contributed by atoms with Crippen LogP contribution in [0.2, 0.25) is 0 Å². The van der Waals surface area contributed by atoms with E-state index in [2.05, 4.69) is 5.10 Å². The highest BCUT2D eigenvalue weighted by Gasteiger charge is 2.09. The highest BCUT2D eigenvalue weighted by atomic mass is 16.1. The maximum Gasteiger partial charge on any atom is 0.296 e. The molecule has 1 aromatic heterocycles. The van der Waals surface area contributed by atoms with Gasteiger partial charge in [-0.05, 0) is 19.9 Å². The maximum absolute atomic E-state index is 12.1. The van der Waals surface area contributed by atoms with Crippen LogP contribution in [-0.4, -0.2) is 23.9 Å². The van der Waals surface area contributed by atoms with E-state index in [4.69, 9.17) is 5.73 Å². The molecule has 0 spiro atoms. The molecule has 5 nitrogen and oxygen atoms in total. The average Bonchev–Trinajstić information content (AvgIpc) is 2.37. The van der Waals surface area contributed by atoms with E-state index in [0.29, 0.717) is 11.4 Å². The lowest BCUT2D eigenvalue weighted by Crippen LogP contribution is -2.27. The molecule has 0 bridgehead atoms. The quantitative estimate of drug-likeness (QED) is 0.840. The minimum Gasteiger partial charge on any atom is -0.392 e. The van der Waals surface area contributed by atoms with Gasteiger partial charge in [-0.25, -0.2) is 0 Å². The Morgan fingerprint density at radius 2 is 2.05 bits per heavy atom. The van der Waals surface area contributed by atoms with Crippen molar-refractivity contribution in [1.82, 2.24) is 9.78 Å². The largest absolute Gasteiger partial charge is 0.392 e. The number of hydrogen-bond acceptors (Lipinski definition) is 4. The van der Waals surface area contributed by atoms with E-state index in [0.717, 1.165) is 0 Å². The predicted molar refractivity (Wildman–Crippen MR) is 81.1 cm³/mol. The Morgan fingerprint density at radius 3 is 2.63 bits per heavy atom. The Labute approximate surface area is 113 Å². The van der Waals surface area contributed by atoms with Crippen LogP contribution in [0.25, 0.3) is 5.70 Å². The van der Waals surface area contributed by atoms with Gasteiger partial charge in [0.1, 0.15) is 5.69 Å². The van der Waals surface area contributed by atoms with Crippen LogP contribution < -0.4 is 16.2 Å². The number of allylic oxidation sites excluding steroid dienone is 6. The van der Waals surface area contributed by atoms with Gasteiger partial charge >= 0.3 is 0 Å². The van der Waals surface area contributed by atoms with Gasteiger partial charge in [-0.3, -0.25) is 4.79 Å². The third-order valence-corrected chi connectivity index (χ3v) is 2.56. The van der Waals surface area contributed by atoms with Crippen LogP contribution in [0.15, 0.2) is 41.4 Å². The number of hydrogen-bond donors (Lipinski definition) is 1. The van der Waals surface area contributed by atoms with Crippen molar-refractivity contribution in [3.05, 3.63) is 46.9 Å². The van der Waals surface area contributed by atoms with Crippen molar-refractivity contribution >= 4 is 17.1 Å². The van der Waals surface area contributed by atoms with Crippen LogP contribution in [0.4, 0.5) is 11.4 Å². The first-order chi connectivity index (χ1) is 8.99. The Kier molecular flexibility index (Phi) is 5.11. The highest BCUT2D eigenvalue weighted by Crippen LogP contribution is 2.15. The van der Waals surface area contributed by atoms with Gasteiger partial charge in [0.05, 0.1) is 11.9 Å². The van der Waals surface area contributed by atoms with Gasteiger partial charge in [-0.2, -0.15) is 9.78 Å². The standard InChI is InChI=1S/C14H20N4O/c1-5-6-7-8-9-11(2)18-14(19)13(15)12(10-16-18)17(3)4/h5-10H,15H2,1-4H3/b6-5-,8-7-,11-9+. The molecule has 0 saturated heterocycles. The van der Waals surface area contributed by atoms with E-state index >= 15 is 0 Å². The molecule has 0 unspecified atom stereocenters. The number of anilines is 2.